The highest BCUT2D eigenvalue weighted by Crippen LogP contribution is 2.23. The van der Waals surface area contributed by atoms with Crippen LogP contribution in [0.25, 0.3) is 0 Å². The molecule has 10 nitrogen and oxygen atoms in total. The Morgan fingerprint density at radius 1 is 1.24 bits per heavy atom. The molecule has 150 valence electrons. The molecule has 0 unspecified atom stereocenters. The number of amides is 2. The Hall–Kier alpha value is -3.95. The number of nitro benzene ring substituents is 1. The van der Waals surface area contributed by atoms with Crippen molar-refractivity contribution in [1.82, 2.24) is 15.1 Å². The van der Waals surface area contributed by atoms with E-state index in [4.69, 9.17) is 4.42 Å². The summed E-state index contributed by atoms with van der Waals surface area (Å²) in [6.07, 6.45) is 3.03. The van der Waals surface area contributed by atoms with Crippen molar-refractivity contribution in [1.29, 1.82) is 0 Å². The van der Waals surface area contributed by atoms with E-state index in [9.17, 15) is 19.7 Å². The second-order valence-electron chi connectivity index (χ2n) is 6.17. The average Bonchev–Trinajstić information content (AvgIpc) is 3.35. The number of rotatable bonds is 7. The van der Waals surface area contributed by atoms with E-state index in [0.717, 1.165) is 0 Å². The number of anilines is 1. The number of carbonyl (C=O) groups is 2. The quantitative estimate of drug-likeness (QED) is 0.465. The van der Waals surface area contributed by atoms with Gasteiger partial charge in [-0.25, -0.2) is 0 Å². The number of nitrogens with zero attached hydrogens (tertiary/aromatic N) is 3. The third-order valence-electron chi connectivity index (χ3n) is 4.30. The molecule has 2 N–H and O–H groups in total. The van der Waals surface area contributed by atoms with Gasteiger partial charge in [0.1, 0.15) is 5.76 Å². The molecule has 3 aromatic rings. The van der Waals surface area contributed by atoms with Gasteiger partial charge in [0, 0.05) is 29.9 Å². The number of hydrogen-bond acceptors (Lipinski definition) is 6. The lowest BCUT2D eigenvalue weighted by molar-refractivity contribution is -0.385. The summed E-state index contributed by atoms with van der Waals surface area (Å²) in [6.45, 7) is 4.00. The van der Waals surface area contributed by atoms with E-state index in [1.165, 1.54) is 42.3 Å². The predicted octanol–water partition coefficient (Wildman–Crippen LogP) is 2.89. The molecule has 1 aromatic carbocycles. The van der Waals surface area contributed by atoms with Crippen LogP contribution in [-0.2, 0) is 13.1 Å². The van der Waals surface area contributed by atoms with Crippen molar-refractivity contribution in [2.45, 2.75) is 26.9 Å². The van der Waals surface area contributed by atoms with Crippen LogP contribution in [-0.4, -0.2) is 26.5 Å². The highest BCUT2D eigenvalue weighted by molar-refractivity contribution is 6.09. The maximum atomic E-state index is 12.7. The number of nitrogens with one attached hydrogen (secondary N) is 2. The first kappa shape index (κ1) is 19.8. The molecule has 2 aromatic heterocycles. The van der Waals surface area contributed by atoms with Crippen LogP contribution in [0.15, 0.2) is 47.2 Å². The van der Waals surface area contributed by atoms with Crippen molar-refractivity contribution in [3.05, 3.63) is 75.5 Å². The topological polar surface area (TPSA) is 132 Å². The monoisotopic (exact) mass is 397 g/mol. The number of hydrogen-bond donors (Lipinski definition) is 2. The largest absolute Gasteiger partial charge is 0.467 e. The van der Waals surface area contributed by atoms with Crippen LogP contribution in [0.4, 0.5) is 11.4 Å². The molecule has 0 bridgehead atoms. The molecule has 0 fully saturated rings. The summed E-state index contributed by atoms with van der Waals surface area (Å²) < 4.78 is 6.69. The molecular formula is C19H19N5O5. The lowest BCUT2D eigenvalue weighted by Crippen LogP contribution is -2.25. The van der Waals surface area contributed by atoms with Gasteiger partial charge in [0.2, 0.25) is 0 Å². The van der Waals surface area contributed by atoms with E-state index in [1.54, 1.807) is 12.1 Å². The zero-order chi connectivity index (χ0) is 21.0. The molecule has 2 amide bonds. The molecule has 2 heterocycles. The Morgan fingerprint density at radius 3 is 2.69 bits per heavy atom. The molecule has 0 atom stereocenters. The molecule has 0 aliphatic heterocycles. The van der Waals surface area contributed by atoms with Crippen molar-refractivity contribution in [3.63, 3.8) is 0 Å². The van der Waals surface area contributed by atoms with Crippen LogP contribution in [0.2, 0.25) is 0 Å². The summed E-state index contributed by atoms with van der Waals surface area (Å²) in [5.41, 5.74) is 0.472. The van der Waals surface area contributed by atoms with E-state index >= 15 is 0 Å². The molecule has 3 rings (SSSR count). The number of nitro groups is 1. The second-order valence-corrected chi connectivity index (χ2v) is 6.17. The maximum Gasteiger partial charge on any atom is 0.274 e. The van der Waals surface area contributed by atoms with E-state index in [0.29, 0.717) is 12.3 Å². The van der Waals surface area contributed by atoms with Crippen molar-refractivity contribution in [2.75, 3.05) is 5.32 Å². The van der Waals surface area contributed by atoms with E-state index in [-0.39, 0.29) is 34.7 Å². The van der Waals surface area contributed by atoms with E-state index in [2.05, 4.69) is 15.7 Å². The van der Waals surface area contributed by atoms with Gasteiger partial charge in [-0.05, 0) is 32.0 Å². The summed E-state index contributed by atoms with van der Waals surface area (Å²) in [5.74, 6) is -0.479. The zero-order valence-corrected chi connectivity index (χ0v) is 15.8. The molecule has 0 aliphatic rings. The molecule has 0 saturated carbocycles. The lowest BCUT2D eigenvalue weighted by atomic mass is 10.1. The molecular weight excluding hydrogens is 378 g/mol. The number of benzene rings is 1. The van der Waals surface area contributed by atoms with Gasteiger partial charge in [-0.3, -0.25) is 24.4 Å². The van der Waals surface area contributed by atoms with E-state index < -0.39 is 16.7 Å². The first-order chi connectivity index (χ1) is 13.9. The van der Waals surface area contributed by atoms with Crippen LogP contribution >= 0.6 is 0 Å². The smallest absolute Gasteiger partial charge is 0.274 e. The summed E-state index contributed by atoms with van der Waals surface area (Å²) in [6, 6.07) is 7.68. The van der Waals surface area contributed by atoms with Gasteiger partial charge in [0.25, 0.3) is 17.5 Å². The van der Waals surface area contributed by atoms with Gasteiger partial charge >= 0.3 is 0 Å². The average molecular weight is 397 g/mol. The van der Waals surface area contributed by atoms with Gasteiger partial charge in [-0.1, -0.05) is 6.07 Å². The molecule has 10 heteroatoms. The van der Waals surface area contributed by atoms with Crippen LogP contribution in [0.5, 0.6) is 0 Å². The van der Waals surface area contributed by atoms with Crippen molar-refractivity contribution >= 4 is 23.2 Å². The van der Waals surface area contributed by atoms with Crippen LogP contribution in [0, 0.1) is 17.0 Å². The number of aromatic nitrogens is 2. The van der Waals surface area contributed by atoms with Crippen molar-refractivity contribution in [2.24, 2.45) is 0 Å². The summed E-state index contributed by atoms with van der Waals surface area (Å²) >= 11 is 0. The van der Waals surface area contributed by atoms with E-state index in [1.807, 2.05) is 6.92 Å². The van der Waals surface area contributed by atoms with Crippen molar-refractivity contribution < 1.29 is 18.9 Å². The molecule has 0 radical (unpaired) electrons. The summed E-state index contributed by atoms with van der Waals surface area (Å²) in [5, 5.41) is 20.6. The second kappa shape index (κ2) is 8.38. The van der Waals surface area contributed by atoms with Gasteiger partial charge in [-0.15, -0.1) is 0 Å². The SMILES string of the molecule is CCn1cc(NC(=O)c2cccc([N+](=O)[O-])c2C)c(C(=O)NCc2ccco2)n1. The minimum atomic E-state index is -0.568. The fourth-order valence-corrected chi connectivity index (χ4v) is 2.76. The number of furan rings is 1. The lowest BCUT2D eigenvalue weighted by Gasteiger charge is -2.08. The fraction of sp³-hybridized carbons (Fsp3) is 0.211. The Balaban J connectivity index is 1.82. The first-order valence-electron chi connectivity index (χ1n) is 8.84. The molecule has 0 spiro atoms. The number of carbonyl (C=O) groups excluding carboxylic acids is 2. The highest BCUT2D eigenvalue weighted by Gasteiger charge is 2.22. The van der Waals surface area contributed by atoms with Gasteiger partial charge in [-0.2, -0.15) is 5.10 Å². The maximum absolute atomic E-state index is 12.7. The van der Waals surface area contributed by atoms with Crippen LogP contribution in [0.1, 0.15) is 39.1 Å². The minimum Gasteiger partial charge on any atom is -0.467 e. The highest BCUT2D eigenvalue weighted by atomic mass is 16.6. The minimum absolute atomic E-state index is 0.0369. The molecule has 0 aliphatic carbocycles. The normalized spacial score (nSPS) is 10.6. The third kappa shape index (κ3) is 4.32. The third-order valence-corrected chi connectivity index (χ3v) is 4.30. The molecule has 0 saturated heterocycles. The number of aryl methyl sites for hydroxylation is 1. The Labute approximate surface area is 165 Å². The summed E-state index contributed by atoms with van der Waals surface area (Å²) in [7, 11) is 0. The van der Waals surface area contributed by atoms with Crippen molar-refractivity contribution in [3.8, 4) is 0 Å². The van der Waals surface area contributed by atoms with Gasteiger partial charge in [0.05, 0.1) is 23.4 Å². The van der Waals surface area contributed by atoms with Crippen LogP contribution in [0.3, 0.4) is 0 Å². The Bertz CT molecular complexity index is 1060. The van der Waals surface area contributed by atoms with Gasteiger partial charge < -0.3 is 15.1 Å². The fourth-order valence-electron chi connectivity index (χ4n) is 2.76. The first-order valence-corrected chi connectivity index (χ1v) is 8.84. The Morgan fingerprint density at radius 2 is 2.03 bits per heavy atom. The summed E-state index contributed by atoms with van der Waals surface area (Å²) in [4.78, 5) is 35.8. The molecule has 29 heavy (non-hydrogen) atoms. The Kier molecular flexibility index (Phi) is 5.72. The zero-order valence-electron chi connectivity index (χ0n) is 15.8. The standard InChI is InChI=1S/C19H19N5O5/c1-3-23-11-15(17(22-23)19(26)20-10-13-6-5-9-29-13)21-18(25)14-7-4-8-16(12(14)2)24(27)28/h4-9,11H,3,10H2,1-2H3,(H,20,26)(H,21,25). The van der Waals surface area contributed by atoms with Crippen LogP contribution < -0.4 is 10.6 Å². The predicted molar refractivity (Wildman–Crippen MR) is 104 cm³/mol. The van der Waals surface area contributed by atoms with Gasteiger partial charge in [0.15, 0.2) is 5.69 Å².